The molecule has 0 amide bonds. The van der Waals surface area contributed by atoms with Crippen molar-refractivity contribution < 1.29 is 4.74 Å². The van der Waals surface area contributed by atoms with Crippen LogP contribution in [0.2, 0.25) is 30.7 Å². The van der Waals surface area contributed by atoms with Crippen molar-refractivity contribution in [2.45, 2.75) is 32.4 Å². The van der Waals surface area contributed by atoms with Crippen LogP contribution in [-0.2, 0) is 11.5 Å². The topological polar surface area (TPSA) is 57.8 Å². The van der Waals surface area contributed by atoms with Crippen molar-refractivity contribution in [3.05, 3.63) is 36.0 Å². The van der Waals surface area contributed by atoms with Crippen LogP contribution in [0, 0.1) is 0 Å². The molecule has 0 unspecified atom stereocenters. The lowest BCUT2D eigenvalue weighted by Gasteiger charge is -2.15. The Kier molecular flexibility index (Phi) is 4.52. The second kappa shape index (κ2) is 6.43. The lowest BCUT2D eigenvalue weighted by molar-refractivity contribution is 0.0817. The summed E-state index contributed by atoms with van der Waals surface area (Å²) in [4.78, 5) is 4.01. The molecule has 6 nitrogen and oxygen atoms in total. The van der Waals surface area contributed by atoms with E-state index in [9.17, 15) is 0 Å². The largest absolute Gasteiger partial charge is 0.360 e. The summed E-state index contributed by atoms with van der Waals surface area (Å²) >= 11 is 6.29. The highest BCUT2D eigenvalue weighted by atomic mass is 35.5. The Morgan fingerprint density at radius 2 is 2.04 bits per heavy atom. The molecule has 0 fully saturated rings. The lowest BCUT2D eigenvalue weighted by Crippen LogP contribution is -2.22. The molecule has 2 aromatic heterocycles. The molecule has 8 heteroatoms. The van der Waals surface area contributed by atoms with E-state index in [0.717, 1.165) is 29.2 Å². The summed E-state index contributed by atoms with van der Waals surface area (Å²) in [6.45, 7) is 8.15. The molecular formula is C15H20ClN5OSi. The van der Waals surface area contributed by atoms with Crippen LogP contribution < -0.4 is 0 Å². The van der Waals surface area contributed by atoms with Gasteiger partial charge >= 0.3 is 0 Å². The average Bonchev–Trinajstić information content (AvgIpc) is 3.13. The molecule has 0 aliphatic rings. The maximum absolute atomic E-state index is 6.29. The zero-order valence-corrected chi connectivity index (χ0v) is 15.3. The highest BCUT2D eigenvalue weighted by Gasteiger charge is 2.15. The van der Waals surface area contributed by atoms with Gasteiger partial charge in [-0.1, -0.05) is 31.2 Å². The number of rotatable bonds is 6. The van der Waals surface area contributed by atoms with E-state index < -0.39 is 8.07 Å². The van der Waals surface area contributed by atoms with E-state index in [4.69, 9.17) is 16.3 Å². The van der Waals surface area contributed by atoms with Crippen molar-refractivity contribution in [1.29, 1.82) is 0 Å². The first-order valence-electron chi connectivity index (χ1n) is 7.52. The predicted octanol–water partition coefficient (Wildman–Crippen LogP) is 3.58. The molecule has 0 saturated carbocycles. The minimum absolute atomic E-state index is 0.399. The van der Waals surface area contributed by atoms with Gasteiger partial charge in [0.15, 0.2) is 0 Å². The molecule has 1 aromatic carbocycles. The van der Waals surface area contributed by atoms with Crippen LogP contribution in [0.15, 0.2) is 31.0 Å². The van der Waals surface area contributed by atoms with Gasteiger partial charge in [0.05, 0.1) is 22.4 Å². The van der Waals surface area contributed by atoms with Gasteiger partial charge in [0.2, 0.25) is 0 Å². The molecule has 2 heterocycles. The SMILES string of the molecule is C[Si](C)(C)CCOCn1ncc2c(Cl)ccc(-n3cncn3)c21. The van der Waals surface area contributed by atoms with Crippen molar-refractivity contribution >= 4 is 30.6 Å². The fraction of sp³-hybridized carbons (Fsp3) is 0.400. The molecule has 0 atom stereocenters. The molecule has 0 radical (unpaired) electrons. The summed E-state index contributed by atoms with van der Waals surface area (Å²) in [6.07, 6.45) is 4.93. The number of ether oxygens (including phenoxy) is 1. The van der Waals surface area contributed by atoms with Crippen LogP contribution in [-0.4, -0.2) is 39.2 Å². The quantitative estimate of drug-likeness (QED) is 0.504. The van der Waals surface area contributed by atoms with Crippen LogP contribution in [0.5, 0.6) is 0 Å². The second-order valence-electron chi connectivity index (χ2n) is 6.66. The number of nitrogens with zero attached hydrogens (tertiary/aromatic N) is 5. The van der Waals surface area contributed by atoms with Crippen LogP contribution >= 0.6 is 11.6 Å². The average molecular weight is 350 g/mol. The van der Waals surface area contributed by atoms with Gasteiger partial charge < -0.3 is 4.74 Å². The second-order valence-corrected chi connectivity index (χ2v) is 12.7. The number of hydrogen-bond donors (Lipinski definition) is 0. The van der Waals surface area contributed by atoms with Crippen molar-refractivity contribution in [1.82, 2.24) is 24.5 Å². The summed E-state index contributed by atoms with van der Waals surface area (Å²) in [5.74, 6) is 0. The van der Waals surface area contributed by atoms with Gasteiger partial charge in [-0.05, 0) is 18.2 Å². The Labute approximate surface area is 141 Å². The Morgan fingerprint density at radius 3 is 2.74 bits per heavy atom. The van der Waals surface area contributed by atoms with Crippen molar-refractivity contribution in [2.75, 3.05) is 6.61 Å². The molecule has 3 rings (SSSR count). The van der Waals surface area contributed by atoms with E-state index in [1.807, 2.05) is 16.8 Å². The van der Waals surface area contributed by atoms with Gasteiger partial charge in [-0.2, -0.15) is 10.2 Å². The minimum Gasteiger partial charge on any atom is -0.360 e. The number of benzene rings is 1. The molecule has 0 aliphatic heterocycles. The van der Waals surface area contributed by atoms with E-state index in [2.05, 4.69) is 34.8 Å². The molecule has 0 N–H and O–H groups in total. The Morgan fingerprint density at radius 1 is 1.22 bits per heavy atom. The van der Waals surface area contributed by atoms with Gasteiger partial charge in [0.25, 0.3) is 0 Å². The Balaban J connectivity index is 1.88. The van der Waals surface area contributed by atoms with Crippen LogP contribution in [0.4, 0.5) is 0 Å². The van der Waals surface area contributed by atoms with Gasteiger partial charge in [-0.3, -0.25) is 0 Å². The van der Waals surface area contributed by atoms with E-state index in [1.54, 1.807) is 17.2 Å². The van der Waals surface area contributed by atoms with Crippen LogP contribution in [0.3, 0.4) is 0 Å². The van der Waals surface area contributed by atoms with E-state index >= 15 is 0 Å². The predicted molar refractivity (Wildman–Crippen MR) is 93.8 cm³/mol. The van der Waals surface area contributed by atoms with Gasteiger partial charge in [0.1, 0.15) is 19.4 Å². The molecule has 3 aromatic rings. The number of aromatic nitrogens is 5. The smallest absolute Gasteiger partial charge is 0.140 e. The van der Waals surface area contributed by atoms with Crippen molar-refractivity contribution in [3.8, 4) is 5.69 Å². The lowest BCUT2D eigenvalue weighted by atomic mass is 10.2. The molecule has 0 spiro atoms. The molecule has 0 aliphatic carbocycles. The molecule has 122 valence electrons. The minimum atomic E-state index is -1.09. The summed E-state index contributed by atoms with van der Waals surface area (Å²) in [7, 11) is -1.09. The fourth-order valence-corrected chi connectivity index (χ4v) is 3.25. The maximum atomic E-state index is 6.29. The standard InChI is InChI=1S/C15H20ClN5OSi/c1-23(2,3)7-6-22-11-21-15-12(8-18-21)13(16)4-5-14(15)20-10-17-9-19-20/h4-5,8-10H,6-7,11H2,1-3H3. The highest BCUT2D eigenvalue weighted by molar-refractivity contribution is 6.76. The maximum Gasteiger partial charge on any atom is 0.140 e. The fourth-order valence-electron chi connectivity index (χ4n) is 2.30. The number of hydrogen-bond acceptors (Lipinski definition) is 4. The van der Waals surface area contributed by atoms with E-state index in [-0.39, 0.29) is 0 Å². The third kappa shape index (κ3) is 3.62. The zero-order chi connectivity index (χ0) is 16.4. The summed E-state index contributed by atoms with van der Waals surface area (Å²) < 4.78 is 9.35. The third-order valence-electron chi connectivity index (χ3n) is 3.60. The molecule has 23 heavy (non-hydrogen) atoms. The first-order chi connectivity index (χ1) is 11.0. The van der Waals surface area contributed by atoms with E-state index in [1.165, 1.54) is 6.33 Å². The van der Waals surface area contributed by atoms with Gasteiger partial charge in [-0.25, -0.2) is 14.3 Å². The van der Waals surface area contributed by atoms with Crippen molar-refractivity contribution in [2.24, 2.45) is 0 Å². The van der Waals surface area contributed by atoms with E-state index in [0.29, 0.717) is 11.8 Å². The monoisotopic (exact) mass is 349 g/mol. The summed E-state index contributed by atoms with van der Waals surface area (Å²) in [5.41, 5.74) is 1.78. The van der Waals surface area contributed by atoms with Gasteiger partial charge in [0, 0.05) is 20.1 Å². The zero-order valence-electron chi connectivity index (χ0n) is 13.5. The van der Waals surface area contributed by atoms with Gasteiger partial charge in [-0.15, -0.1) is 0 Å². The Bertz CT molecular complexity index is 794. The van der Waals surface area contributed by atoms with Crippen LogP contribution in [0.25, 0.3) is 16.6 Å². The summed E-state index contributed by atoms with van der Waals surface area (Å²) in [6, 6.07) is 4.89. The third-order valence-corrected chi connectivity index (χ3v) is 5.64. The van der Waals surface area contributed by atoms with Crippen LogP contribution in [0.1, 0.15) is 0 Å². The molecule has 0 saturated heterocycles. The number of fused-ring (bicyclic) bond motifs is 1. The molecular weight excluding hydrogens is 330 g/mol. The summed E-state index contributed by atoms with van der Waals surface area (Å²) in [5, 5.41) is 10.2. The first-order valence-corrected chi connectivity index (χ1v) is 11.6. The van der Waals surface area contributed by atoms with Crippen molar-refractivity contribution in [3.63, 3.8) is 0 Å². The Hall–Kier alpha value is -1.70. The highest BCUT2D eigenvalue weighted by Crippen LogP contribution is 2.28. The number of halogens is 1. The normalized spacial score (nSPS) is 12.2. The first kappa shape index (κ1) is 16.2. The molecule has 0 bridgehead atoms.